The quantitative estimate of drug-likeness (QED) is 0.104. The molecule has 44 heavy (non-hydrogen) atoms. The van der Waals surface area contributed by atoms with Crippen molar-refractivity contribution in [3.8, 4) is 0 Å². The van der Waals surface area contributed by atoms with E-state index in [0.29, 0.717) is 11.0 Å². The average Bonchev–Trinajstić information content (AvgIpc) is 3.39. The van der Waals surface area contributed by atoms with Crippen molar-refractivity contribution in [3.63, 3.8) is 0 Å². The van der Waals surface area contributed by atoms with Gasteiger partial charge >= 0.3 is 5.97 Å². The number of hydrogen-bond donors (Lipinski definition) is 0. The van der Waals surface area contributed by atoms with Crippen LogP contribution in [-0.4, -0.2) is 65.4 Å². The summed E-state index contributed by atoms with van der Waals surface area (Å²) < 4.78 is 57.7. The first kappa shape index (κ1) is 33.3. The summed E-state index contributed by atoms with van der Waals surface area (Å²) in [5, 5.41) is 11.3. The maximum atomic E-state index is 15.7. The Bertz CT molecular complexity index is 1560. The van der Waals surface area contributed by atoms with E-state index in [1.54, 1.807) is 0 Å². The van der Waals surface area contributed by atoms with Gasteiger partial charge in [-0.05, 0) is 49.2 Å². The van der Waals surface area contributed by atoms with Crippen LogP contribution < -0.4 is 0 Å². The van der Waals surface area contributed by atoms with Crippen LogP contribution in [0.1, 0.15) is 55.2 Å². The Balaban J connectivity index is 1.48. The highest BCUT2D eigenvalue weighted by Gasteiger charge is 2.58. The number of aromatic nitrogens is 1. The van der Waals surface area contributed by atoms with Crippen molar-refractivity contribution in [1.82, 2.24) is 9.88 Å². The molecule has 1 unspecified atom stereocenters. The molecule has 0 spiro atoms. The van der Waals surface area contributed by atoms with E-state index in [1.807, 2.05) is 33.9 Å². The second-order valence-corrected chi connectivity index (χ2v) is 17.4. The molecule has 2 aromatic rings. The summed E-state index contributed by atoms with van der Waals surface area (Å²) in [6, 6.07) is 0.995. The number of rotatable bonds is 9. The minimum Gasteiger partial charge on any atom is -0.456 e. The van der Waals surface area contributed by atoms with E-state index < -0.39 is 78.2 Å². The van der Waals surface area contributed by atoms with Gasteiger partial charge in [0.2, 0.25) is 11.7 Å². The van der Waals surface area contributed by atoms with Crippen molar-refractivity contribution < 1.29 is 41.6 Å². The van der Waals surface area contributed by atoms with Crippen molar-refractivity contribution >= 4 is 48.8 Å². The molecule has 236 valence electrons. The Morgan fingerprint density at radius 2 is 1.91 bits per heavy atom. The lowest BCUT2D eigenvalue weighted by Gasteiger charge is -2.38. The molecule has 0 bridgehead atoms. The molecule has 2 aliphatic heterocycles. The molecule has 0 saturated carbocycles. The number of nitro groups is 1. The molecule has 4 rings (SSSR count). The maximum Gasteiger partial charge on any atom is 0.329 e. The van der Waals surface area contributed by atoms with Gasteiger partial charge in [-0.1, -0.05) is 32.4 Å². The van der Waals surface area contributed by atoms with Crippen molar-refractivity contribution in [2.24, 2.45) is 0 Å². The Labute approximate surface area is 257 Å². The monoisotopic (exact) mass is 653 g/mol. The lowest BCUT2D eigenvalue weighted by molar-refractivity contribution is -0.385. The smallest absolute Gasteiger partial charge is 0.329 e. The number of esters is 1. The van der Waals surface area contributed by atoms with E-state index in [9.17, 15) is 24.5 Å². The zero-order valence-electron chi connectivity index (χ0n) is 24.7. The van der Waals surface area contributed by atoms with Gasteiger partial charge in [-0.25, -0.2) is 9.18 Å². The van der Waals surface area contributed by atoms with Gasteiger partial charge in [-0.3, -0.25) is 24.7 Å². The minimum atomic E-state index is -3.78. The van der Waals surface area contributed by atoms with Crippen molar-refractivity contribution in [2.75, 3.05) is 6.61 Å². The lowest BCUT2D eigenvalue weighted by Crippen LogP contribution is -2.55. The molecule has 1 amide bonds. The van der Waals surface area contributed by atoms with Gasteiger partial charge in [0.05, 0.1) is 22.7 Å². The molecule has 0 N–H and O–H groups in total. The fraction of sp³-hybridized carbons (Fsp3) is 0.448. The summed E-state index contributed by atoms with van der Waals surface area (Å²) in [7, 11) is -2.25. The zero-order chi connectivity index (χ0) is 32.8. The van der Waals surface area contributed by atoms with Gasteiger partial charge in [0.25, 0.3) is 11.6 Å². The first-order valence-electron chi connectivity index (χ1n) is 13.7. The van der Waals surface area contributed by atoms with Gasteiger partial charge in [-0.2, -0.15) is 8.78 Å². The molecular weight excluding hydrogens is 623 g/mol. The summed E-state index contributed by atoms with van der Waals surface area (Å²) in [5.41, 5.74) is -2.53. The molecule has 3 heterocycles. The fourth-order valence-corrected chi connectivity index (χ4v) is 6.00. The van der Waals surface area contributed by atoms with E-state index in [-0.39, 0.29) is 40.8 Å². The standard InChI is InChI=1S/C29H31ClF3N3O7Si/c1-28(2,3)44(4,5)43-14-20-26(31)17(10-11-34-20)23(37)15-42-27(39)22-8-9-24-29(32,33)19(13-25(38)35(22)24)18-12-16(30)6-7-21(18)36(40)41/h6-7,10-13,22,24H,8-9,14-15H2,1-5H3/t22-,24?/m0/s1. The fourth-order valence-electron chi connectivity index (χ4n) is 4.90. The number of ketones is 1. The first-order valence-corrected chi connectivity index (χ1v) is 17.0. The number of carbonyl (C=O) groups is 3. The second kappa shape index (κ2) is 12.0. The molecule has 0 radical (unpaired) electrons. The Kier molecular flexibility index (Phi) is 9.11. The molecule has 0 aliphatic carbocycles. The van der Waals surface area contributed by atoms with E-state index in [2.05, 4.69) is 4.98 Å². The summed E-state index contributed by atoms with van der Waals surface area (Å²) in [6.45, 7) is 8.94. The van der Waals surface area contributed by atoms with Crippen molar-refractivity contribution in [2.45, 2.75) is 76.4 Å². The number of carbonyl (C=O) groups excluding carboxylic acids is 3. The number of nitrogens with zero attached hydrogens (tertiary/aromatic N) is 3. The number of nitro benzene ring substituents is 1. The highest BCUT2D eigenvalue weighted by Crippen LogP contribution is 2.48. The van der Waals surface area contributed by atoms with E-state index >= 15 is 13.2 Å². The van der Waals surface area contributed by atoms with Crippen molar-refractivity contribution in [1.29, 1.82) is 0 Å². The van der Waals surface area contributed by atoms with E-state index in [0.717, 1.165) is 18.2 Å². The molecular formula is C29H31ClF3N3O7Si. The Morgan fingerprint density at radius 1 is 1.23 bits per heavy atom. The zero-order valence-corrected chi connectivity index (χ0v) is 26.4. The van der Waals surface area contributed by atoms with Gasteiger partial charge in [0.1, 0.15) is 17.8 Å². The Hall–Kier alpha value is -3.62. The summed E-state index contributed by atoms with van der Waals surface area (Å²) in [5.74, 6) is -7.70. The minimum absolute atomic E-state index is 0.0457. The third kappa shape index (κ3) is 6.28. The Morgan fingerprint density at radius 3 is 2.55 bits per heavy atom. The van der Waals surface area contributed by atoms with E-state index in [4.69, 9.17) is 20.8 Å². The summed E-state index contributed by atoms with van der Waals surface area (Å²) in [4.78, 5) is 54.0. The van der Waals surface area contributed by atoms with Crippen LogP contribution in [-0.2, 0) is 25.4 Å². The predicted octanol–water partition coefficient (Wildman–Crippen LogP) is 6.12. The van der Waals surface area contributed by atoms with Gasteiger partial charge < -0.3 is 14.1 Å². The highest BCUT2D eigenvalue weighted by atomic mass is 35.5. The summed E-state index contributed by atoms with van der Waals surface area (Å²) >= 11 is 5.91. The number of hydrogen-bond acceptors (Lipinski definition) is 8. The predicted molar refractivity (Wildman–Crippen MR) is 156 cm³/mol. The first-order chi connectivity index (χ1) is 20.4. The number of fused-ring (bicyclic) bond motifs is 1. The molecule has 2 aliphatic rings. The van der Waals surface area contributed by atoms with Gasteiger partial charge in [0.15, 0.2) is 20.7 Å². The van der Waals surface area contributed by atoms with Crippen LogP contribution in [0.4, 0.5) is 18.9 Å². The van der Waals surface area contributed by atoms with Crippen LogP contribution in [0.15, 0.2) is 36.5 Å². The largest absolute Gasteiger partial charge is 0.456 e. The topological polar surface area (TPSA) is 129 Å². The number of ether oxygens (including phenoxy) is 1. The normalized spacial score (nSPS) is 19.8. The SMILES string of the molecule is CC(C)(C)[Si](C)(C)OCc1nccc(C(=O)COC(=O)[C@@H]2CCC3N2C(=O)C=C(c2cc(Cl)ccc2[N+](=O)[O-])C3(F)F)c1F. The molecule has 1 saturated heterocycles. The third-order valence-electron chi connectivity index (χ3n) is 8.39. The van der Waals surface area contributed by atoms with Crippen LogP contribution in [0.3, 0.4) is 0 Å². The molecule has 1 aromatic heterocycles. The second-order valence-electron chi connectivity index (χ2n) is 12.2. The number of amides is 1. The molecule has 2 atom stereocenters. The van der Waals surface area contributed by atoms with E-state index in [1.165, 1.54) is 12.3 Å². The maximum absolute atomic E-state index is 15.7. The number of benzene rings is 1. The van der Waals surface area contributed by atoms with Crippen molar-refractivity contribution in [3.05, 3.63) is 74.3 Å². The van der Waals surface area contributed by atoms with Gasteiger partial charge in [-0.15, -0.1) is 0 Å². The molecule has 1 aromatic carbocycles. The third-order valence-corrected chi connectivity index (χ3v) is 13.1. The number of Topliss-reactive ketones (excluding diaryl/α,β-unsaturated/α-hetero) is 1. The number of alkyl halides is 2. The van der Waals surface area contributed by atoms with Crippen LogP contribution >= 0.6 is 11.6 Å². The molecule has 10 nitrogen and oxygen atoms in total. The summed E-state index contributed by atoms with van der Waals surface area (Å²) in [6.07, 6.45) is 1.24. The average molecular weight is 654 g/mol. The van der Waals surface area contributed by atoms with Gasteiger partial charge in [0, 0.05) is 28.9 Å². The van der Waals surface area contributed by atoms with Crippen LogP contribution in [0.25, 0.3) is 5.57 Å². The number of halogens is 4. The van der Waals surface area contributed by atoms with Crippen LogP contribution in [0, 0.1) is 15.9 Å². The highest BCUT2D eigenvalue weighted by molar-refractivity contribution is 6.74. The van der Waals surface area contributed by atoms with Crippen LogP contribution in [0.2, 0.25) is 23.2 Å². The number of pyridine rings is 1. The lowest BCUT2D eigenvalue weighted by atomic mass is 9.89. The molecule has 1 fully saturated rings. The molecule has 15 heteroatoms. The van der Waals surface area contributed by atoms with Crippen LogP contribution in [0.5, 0.6) is 0 Å².